The van der Waals surface area contributed by atoms with Gasteiger partial charge in [0.25, 0.3) is 0 Å². The maximum atomic E-state index is 12.4. The van der Waals surface area contributed by atoms with Gasteiger partial charge < -0.3 is 11.1 Å². The van der Waals surface area contributed by atoms with Crippen LogP contribution in [0.5, 0.6) is 0 Å². The van der Waals surface area contributed by atoms with Gasteiger partial charge in [0.15, 0.2) is 0 Å². The molecule has 4 heteroatoms. The molecular weight excluding hydrogens is 238 g/mol. The van der Waals surface area contributed by atoms with Crippen LogP contribution in [-0.2, 0) is 4.79 Å². The Hall–Kier alpha value is -1.08. The number of carbonyl (C=O) groups excluding carboxylic acids is 1. The van der Waals surface area contributed by atoms with Gasteiger partial charge in [0, 0.05) is 18.0 Å². The number of nitrogens with zero attached hydrogens (tertiary/aromatic N) is 1. The highest BCUT2D eigenvalue weighted by Gasteiger charge is 2.45. The van der Waals surface area contributed by atoms with E-state index in [1.165, 1.54) is 0 Å². The van der Waals surface area contributed by atoms with E-state index in [9.17, 15) is 4.79 Å². The molecule has 1 saturated carbocycles. The molecule has 4 atom stereocenters. The molecule has 0 aliphatic heterocycles. The monoisotopic (exact) mass is 265 g/mol. The molecule has 0 bridgehead atoms. The minimum absolute atomic E-state index is 0.00459. The highest BCUT2D eigenvalue weighted by Crippen LogP contribution is 2.44. The molecule has 4 unspecified atom stereocenters. The summed E-state index contributed by atoms with van der Waals surface area (Å²) in [5.41, 5.74) is 6.03. The summed E-state index contributed by atoms with van der Waals surface area (Å²) in [7, 11) is 0. The lowest BCUT2D eigenvalue weighted by atomic mass is 9.61. The summed E-state index contributed by atoms with van der Waals surface area (Å²) in [6, 6.07) is 2.28. The predicted molar refractivity (Wildman–Crippen MR) is 76.1 cm³/mol. The Morgan fingerprint density at radius 2 is 2.16 bits per heavy atom. The Bertz CT molecular complexity index is 359. The Kier molecular flexibility index (Phi) is 5.37. The van der Waals surface area contributed by atoms with Crippen molar-refractivity contribution in [2.24, 2.45) is 23.0 Å². The van der Waals surface area contributed by atoms with Crippen LogP contribution < -0.4 is 11.1 Å². The number of amides is 1. The fourth-order valence-corrected chi connectivity index (χ4v) is 3.03. The van der Waals surface area contributed by atoms with E-state index in [4.69, 9.17) is 11.0 Å². The zero-order valence-electron chi connectivity index (χ0n) is 12.6. The smallest absolute Gasteiger partial charge is 0.223 e. The number of hydrogen-bond acceptors (Lipinski definition) is 3. The molecular formula is C15H27N3O. The highest BCUT2D eigenvalue weighted by molar-refractivity contribution is 5.80. The molecule has 1 fully saturated rings. The molecule has 1 aliphatic rings. The van der Waals surface area contributed by atoms with Gasteiger partial charge in [0.2, 0.25) is 5.91 Å². The van der Waals surface area contributed by atoms with E-state index in [2.05, 4.69) is 32.2 Å². The zero-order chi connectivity index (χ0) is 14.6. The second kappa shape index (κ2) is 6.38. The van der Waals surface area contributed by atoms with Gasteiger partial charge in [-0.3, -0.25) is 4.79 Å². The largest absolute Gasteiger partial charge is 0.352 e. The Morgan fingerprint density at radius 3 is 2.68 bits per heavy atom. The summed E-state index contributed by atoms with van der Waals surface area (Å²) >= 11 is 0. The number of carbonyl (C=O) groups is 1. The first-order chi connectivity index (χ1) is 8.84. The number of hydrogen-bond donors (Lipinski definition) is 2. The fourth-order valence-electron chi connectivity index (χ4n) is 3.03. The fraction of sp³-hybridized carbons (Fsp3) is 0.867. The van der Waals surface area contributed by atoms with Crippen LogP contribution in [0.25, 0.3) is 0 Å². The van der Waals surface area contributed by atoms with Crippen LogP contribution in [0.4, 0.5) is 0 Å². The first kappa shape index (κ1) is 16.0. The summed E-state index contributed by atoms with van der Waals surface area (Å²) in [6.45, 7) is 8.39. The van der Waals surface area contributed by atoms with Gasteiger partial charge in [-0.1, -0.05) is 27.7 Å². The summed E-state index contributed by atoms with van der Waals surface area (Å²) < 4.78 is 0. The van der Waals surface area contributed by atoms with E-state index in [-0.39, 0.29) is 29.3 Å². The van der Waals surface area contributed by atoms with E-state index in [0.29, 0.717) is 12.3 Å². The standard InChI is InChI=1S/C15H27N3O/c1-5-11(8-9-16)18-14(19)12-6-7-13(17)10(2)15(12,3)4/h10-13H,5-8,17H2,1-4H3,(H,18,19). The van der Waals surface area contributed by atoms with Crippen LogP contribution >= 0.6 is 0 Å². The average Bonchev–Trinajstić information content (AvgIpc) is 2.35. The van der Waals surface area contributed by atoms with Gasteiger partial charge in [-0.2, -0.15) is 5.26 Å². The van der Waals surface area contributed by atoms with E-state index < -0.39 is 0 Å². The number of nitrogens with one attached hydrogen (secondary N) is 1. The quantitative estimate of drug-likeness (QED) is 0.817. The SMILES string of the molecule is CCC(CC#N)NC(=O)C1CCC(N)C(C)C1(C)C. The van der Waals surface area contributed by atoms with Crippen molar-refractivity contribution in [1.82, 2.24) is 5.32 Å². The molecule has 3 N–H and O–H groups in total. The van der Waals surface area contributed by atoms with Crippen molar-refractivity contribution >= 4 is 5.91 Å². The van der Waals surface area contributed by atoms with E-state index in [1.807, 2.05) is 6.92 Å². The van der Waals surface area contributed by atoms with Crippen LogP contribution in [0.15, 0.2) is 0 Å². The highest BCUT2D eigenvalue weighted by atomic mass is 16.2. The molecule has 0 saturated heterocycles. The summed E-state index contributed by atoms with van der Waals surface area (Å²) in [6.07, 6.45) is 2.91. The van der Waals surface area contributed by atoms with Crippen molar-refractivity contribution in [3.8, 4) is 6.07 Å². The van der Waals surface area contributed by atoms with Gasteiger partial charge in [0.1, 0.15) is 0 Å². The molecule has 19 heavy (non-hydrogen) atoms. The van der Waals surface area contributed by atoms with Crippen molar-refractivity contribution in [1.29, 1.82) is 5.26 Å². The van der Waals surface area contributed by atoms with Crippen LogP contribution in [-0.4, -0.2) is 18.0 Å². The van der Waals surface area contributed by atoms with Crippen molar-refractivity contribution in [2.45, 2.75) is 65.5 Å². The first-order valence-electron chi connectivity index (χ1n) is 7.27. The lowest BCUT2D eigenvalue weighted by Gasteiger charge is -2.46. The van der Waals surface area contributed by atoms with Gasteiger partial charge >= 0.3 is 0 Å². The van der Waals surface area contributed by atoms with Crippen molar-refractivity contribution in [2.75, 3.05) is 0 Å². The lowest BCUT2D eigenvalue weighted by molar-refractivity contribution is -0.133. The Morgan fingerprint density at radius 1 is 1.53 bits per heavy atom. The van der Waals surface area contributed by atoms with Gasteiger partial charge in [-0.05, 0) is 30.6 Å². The van der Waals surface area contributed by atoms with Crippen LogP contribution in [0.3, 0.4) is 0 Å². The molecule has 0 aromatic heterocycles. The van der Waals surface area contributed by atoms with E-state index in [1.54, 1.807) is 0 Å². The Labute approximate surface area is 116 Å². The number of nitriles is 1. The van der Waals surface area contributed by atoms with Gasteiger partial charge in [0.05, 0.1) is 12.5 Å². The van der Waals surface area contributed by atoms with Crippen molar-refractivity contribution < 1.29 is 4.79 Å². The van der Waals surface area contributed by atoms with Crippen LogP contribution in [0.2, 0.25) is 0 Å². The molecule has 0 heterocycles. The molecule has 1 amide bonds. The molecule has 1 rings (SSSR count). The minimum Gasteiger partial charge on any atom is -0.352 e. The third kappa shape index (κ3) is 3.48. The summed E-state index contributed by atoms with van der Waals surface area (Å²) in [5.74, 6) is 0.411. The normalized spacial score (nSPS) is 31.3. The molecule has 0 spiro atoms. The maximum absolute atomic E-state index is 12.4. The summed E-state index contributed by atoms with van der Waals surface area (Å²) in [4.78, 5) is 12.4. The van der Waals surface area contributed by atoms with Gasteiger partial charge in [-0.15, -0.1) is 0 Å². The topological polar surface area (TPSA) is 78.9 Å². The van der Waals surface area contributed by atoms with Crippen molar-refractivity contribution in [3.63, 3.8) is 0 Å². The van der Waals surface area contributed by atoms with Crippen LogP contribution in [0.1, 0.15) is 53.4 Å². The third-order valence-corrected chi connectivity index (χ3v) is 5.00. The predicted octanol–water partition coefficient (Wildman–Crippen LogP) is 2.19. The van der Waals surface area contributed by atoms with Crippen molar-refractivity contribution in [3.05, 3.63) is 0 Å². The third-order valence-electron chi connectivity index (χ3n) is 5.00. The maximum Gasteiger partial charge on any atom is 0.223 e. The molecule has 0 radical (unpaired) electrons. The average molecular weight is 265 g/mol. The molecule has 0 aromatic rings. The van der Waals surface area contributed by atoms with E-state index in [0.717, 1.165) is 19.3 Å². The summed E-state index contributed by atoms with van der Waals surface area (Å²) in [5, 5.41) is 11.8. The molecule has 4 nitrogen and oxygen atoms in total. The molecule has 108 valence electrons. The van der Waals surface area contributed by atoms with Gasteiger partial charge in [-0.25, -0.2) is 0 Å². The second-order valence-electron chi connectivity index (χ2n) is 6.38. The van der Waals surface area contributed by atoms with Crippen LogP contribution in [0, 0.1) is 28.6 Å². The first-order valence-corrected chi connectivity index (χ1v) is 7.27. The Balaban J connectivity index is 2.74. The number of rotatable bonds is 4. The molecule has 0 aromatic carbocycles. The second-order valence-corrected chi connectivity index (χ2v) is 6.38. The van der Waals surface area contributed by atoms with E-state index >= 15 is 0 Å². The lowest BCUT2D eigenvalue weighted by Crippen LogP contribution is -2.52. The zero-order valence-corrected chi connectivity index (χ0v) is 12.6. The molecule has 1 aliphatic carbocycles. The minimum atomic E-state index is -0.0906. The number of nitrogens with two attached hydrogens (primary N) is 1.